The zero-order valence-electron chi connectivity index (χ0n) is 28.4. The summed E-state index contributed by atoms with van der Waals surface area (Å²) in [7, 11) is 0. The van der Waals surface area contributed by atoms with Crippen LogP contribution < -0.4 is 0 Å². The maximum atomic E-state index is 5.15. The van der Waals surface area contributed by atoms with Crippen LogP contribution >= 0.6 is 23.1 Å². The molecular weight excluding hydrogens is 671 g/mol. The molecule has 8 aromatic rings. The number of fused-ring (bicyclic) bond motifs is 13. The van der Waals surface area contributed by atoms with Gasteiger partial charge in [-0.1, -0.05) is 146 Å². The summed E-state index contributed by atoms with van der Waals surface area (Å²) in [5.74, 6) is 1.91. The Morgan fingerprint density at radius 2 is 1.33 bits per heavy atom. The van der Waals surface area contributed by atoms with Crippen LogP contribution in [0.25, 0.3) is 59.6 Å². The molecule has 1 aliphatic carbocycles. The van der Waals surface area contributed by atoms with Crippen LogP contribution in [-0.2, 0) is 5.41 Å². The van der Waals surface area contributed by atoms with Crippen LogP contribution in [0.3, 0.4) is 0 Å². The smallest absolute Gasteiger partial charge is 0.164 e. The number of benzene rings is 6. The van der Waals surface area contributed by atoms with Crippen molar-refractivity contribution in [1.82, 2.24) is 15.0 Å². The van der Waals surface area contributed by atoms with E-state index in [4.69, 9.17) is 15.0 Å². The van der Waals surface area contributed by atoms with Crippen LogP contribution in [0.2, 0.25) is 0 Å². The molecule has 0 saturated heterocycles. The number of nitrogens with zero attached hydrogens (tertiary/aromatic N) is 3. The van der Waals surface area contributed by atoms with E-state index in [9.17, 15) is 0 Å². The maximum Gasteiger partial charge on any atom is 0.164 e. The molecule has 5 heteroatoms. The van der Waals surface area contributed by atoms with Crippen LogP contribution in [0.15, 0.2) is 174 Å². The van der Waals surface area contributed by atoms with Gasteiger partial charge in [-0.15, -0.1) is 11.3 Å². The van der Waals surface area contributed by atoms with Crippen molar-refractivity contribution >= 4 is 48.8 Å². The van der Waals surface area contributed by atoms with Gasteiger partial charge in [0.1, 0.15) is 0 Å². The van der Waals surface area contributed by atoms with E-state index in [1.54, 1.807) is 6.08 Å². The normalized spacial score (nSPS) is 14.1. The van der Waals surface area contributed by atoms with Gasteiger partial charge >= 0.3 is 0 Å². The van der Waals surface area contributed by atoms with Gasteiger partial charge in [0.05, 0.1) is 5.41 Å². The van der Waals surface area contributed by atoms with Gasteiger partial charge in [-0.3, -0.25) is 0 Å². The molecule has 2 aliphatic rings. The third-order valence-electron chi connectivity index (χ3n) is 10.3. The monoisotopic (exact) mass is 701 g/mol. The number of hydrogen-bond donors (Lipinski definition) is 0. The first-order valence-electron chi connectivity index (χ1n) is 17.4. The minimum Gasteiger partial charge on any atom is -0.208 e. The van der Waals surface area contributed by atoms with Crippen molar-refractivity contribution in [2.24, 2.45) is 0 Å². The summed E-state index contributed by atoms with van der Waals surface area (Å²) in [6.07, 6.45) is 7.72. The van der Waals surface area contributed by atoms with Crippen LogP contribution in [-0.4, -0.2) is 15.0 Å². The Balaban J connectivity index is 1.31. The summed E-state index contributed by atoms with van der Waals surface area (Å²) in [5, 5.41) is 2.64. The van der Waals surface area contributed by atoms with Crippen molar-refractivity contribution in [2.45, 2.75) is 22.1 Å². The van der Waals surface area contributed by atoms with Crippen LogP contribution in [0, 0.1) is 0 Å². The predicted molar refractivity (Wildman–Crippen MR) is 218 cm³/mol. The summed E-state index contributed by atoms with van der Waals surface area (Å²) >= 11 is 3.74. The lowest BCUT2D eigenvalue weighted by Gasteiger charge is -2.39. The van der Waals surface area contributed by atoms with Gasteiger partial charge in [0.2, 0.25) is 0 Å². The molecule has 0 fully saturated rings. The lowest BCUT2D eigenvalue weighted by molar-refractivity contribution is 0.723. The molecule has 2 aromatic heterocycles. The third-order valence-corrected chi connectivity index (χ3v) is 12.6. The number of rotatable bonds is 5. The summed E-state index contributed by atoms with van der Waals surface area (Å²) < 4.78 is 2.61. The molecular formula is C47H31N3S2. The van der Waals surface area contributed by atoms with E-state index in [1.807, 2.05) is 66.4 Å². The highest BCUT2D eigenvalue weighted by atomic mass is 32.2. The Kier molecular flexibility index (Phi) is 7.20. The highest BCUT2D eigenvalue weighted by molar-refractivity contribution is 7.99. The fourth-order valence-electron chi connectivity index (χ4n) is 8.16. The molecule has 0 radical (unpaired) electrons. The molecule has 6 aromatic carbocycles. The Morgan fingerprint density at radius 1 is 0.635 bits per heavy atom. The second kappa shape index (κ2) is 12.1. The van der Waals surface area contributed by atoms with Gasteiger partial charge in [0.15, 0.2) is 17.5 Å². The Bertz CT molecular complexity index is 2760. The molecule has 0 atom stereocenters. The number of hydrogen-bond acceptors (Lipinski definition) is 5. The van der Waals surface area contributed by atoms with Crippen LogP contribution in [0.4, 0.5) is 0 Å². The molecule has 52 heavy (non-hydrogen) atoms. The van der Waals surface area contributed by atoms with Crippen LogP contribution in [0.1, 0.15) is 35.0 Å². The Morgan fingerprint density at radius 3 is 2.08 bits per heavy atom. The standard InChI is InChI=1S/C47H31N3S2/c1-3-5-15-29(4-2)44-48-45(30-16-7-6-8-17-30)50-46(49-44)31-24-25-32-37(28-31)47(34-19-10-13-22-39(34)52-40-23-14-11-20-35(40)47)36-26-27-41-43(42(32)36)33-18-9-12-21-38(33)51-41/h3-28H,1H2,2H3/b15-5-,29-4+. The molecule has 1 spiro atoms. The number of thiophene rings is 1. The highest BCUT2D eigenvalue weighted by Gasteiger charge is 2.51. The van der Waals surface area contributed by atoms with Crippen molar-refractivity contribution < 1.29 is 0 Å². The number of aromatic nitrogens is 3. The summed E-state index contributed by atoms with van der Waals surface area (Å²) in [6.45, 7) is 5.89. The lowest BCUT2D eigenvalue weighted by atomic mass is 9.67. The molecule has 3 nitrogen and oxygen atoms in total. The van der Waals surface area contributed by atoms with Crippen molar-refractivity contribution in [3.63, 3.8) is 0 Å². The molecule has 246 valence electrons. The van der Waals surface area contributed by atoms with Gasteiger partial charge in [-0.05, 0) is 70.6 Å². The van der Waals surface area contributed by atoms with E-state index in [2.05, 4.69) is 122 Å². The van der Waals surface area contributed by atoms with E-state index in [0.29, 0.717) is 17.5 Å². The zero-order valence-corrected chi connectivity index (χ0v) is 30.0. The van der Waals surface area contributed by atoms with Crippen molar-refractivity contribution in [1.29, 1.82) is 0 Å². The fourth-order valence-corrected chi connectivity index (χ4v) is 10.5. The Labute approximate surface area is 310 Å². The van der Waals surface area contributed by atoms with Crippen molar-refractivity contribution in [2.75, 3.05) is 0 Å². The van der Waals surface area contributed by atoms with E-state index in [0.717, 1.165) is 16.7 Å². The SMILES string of the molecule is C=C/C=C\C(=C/C)c1nc(-c2ccccc2)nc(-c2ccc3c(c2)C2(c4ccccc4Sc4ccccc42)c2ccc4sc5ccccc5c4c2-3)n1. The summed E-state index contributed by atoms with van der Waals surface area (Å²) in [6, 6.07) is 48.5. The summed E-state index contributed by atoms with van der Waals surface area (Å²) in [4.78, 5) is 17.8. The van der Waals surface area contributed by atoms with Gasteiger partial charge in [-0.25, -0.2) is 15.0 Å². The van der Waals surface area contributed by atoms with E-state index >= 15 is 0 Å². The van der Waals surface area contributed by atoms with Gasteiger partial charge in [-0.2, -0.15) is 0 Å². The van der Waals surface area contributed by atoms with Crippen LogP contribution in [0.5, 0.6) is 0 Å². The second-order valence-corrected chi connectivity index (χ2v) is 15.2. The largest absolute Gasteiger partial charge is 0.208 e. The molecule has 0 amide bonds. The second-order valence-electron chi connectivity index (χ2n) is 13.1. The quantitative estimate of drug-likeness (QED) is 0.167. The minimum atomic E-state index is -0.532. The topological polar surface area (TPSA) is 38.7 Å². The van der Waals surface area contributed by atoms with E-state index in [1.165, 1.54) is 63.3 Å². The van der Waals surface area contributed by atoms with E-state index < -0.39 is 5.41 Å². The molecule has 3 heterocycles. The first-order valence-corrected chi connectivity index (χ1v) is 19.1. The van der Waals surface area contributed by atoms with Crippen molar-refractivity contribution in [3.05, 3.63) is 192 Å². The predicted octanol–water partition coefficient (Wildman–Crippen LogP) is 12.5. The zero-order chi connectivity index (χ0) is 34.8. The number of allylic oxidation sites excluding steroid dienone is 5. The maximum absolute atomic E-state index is 5.15. The first-order chi connectivity index (χ1) is 25.7. The highest BCUT2D eigenvalue weighted by Crippen LogP contribution is 2.64. The third kappa shape index (κ3) is 4.49. The molecule has 0 saturated carbocycles. The van der Waals surface area contributed by atoms with Gasteiger partial charge < -0.3 is 0 Å². The van der Waals surface area contributed by atoms with Gasteiger partial charge in [0.25, 0.3) is 0 Å². The summed E-state index contributed by atoms with van der Waals surface area (Å²) in [5.41, 5.74) is 10.0. The molecule has 0 unspecified atom stereocenters. The average Bonchev–Trinajstić information content (AvgIpc) is 3.72. The van der Waals surface area contributed by atoms with E-state index in [-0.39, 0.29) is 0 Å². The molecule has 10 rings (SSSR count). The molecule has 0 bridgehead atoms. The molecule has 1 aliphatic heterocycles. The average molecular weight is 702 g/mol. The Hall–Kier alpha value is -5.88. The minimum absolute atomic E-state index is 0.532. The van der Waals surface area contributed by atoms with Gasteiger partial charge in [0, 0.05) is 46.7 Å². The fraction of sp³-hybridized carbons (Fsp3) is 0.0426. The van der Waals surface area contributed by atoms with Crippen molar-refractivity contribution in [3.8, 4) is 33.9 Å². The molecule has 0 N–H and O–H groups in total. The lowest BCUT2D eigenvalue weighted by Crippen LogP contribution is -2.32. The first kappa shape index (κ1) is 30.9.